The second-order valence-corrected chi connectivity index (χ2v) is 11.7. The van der Waals surface area contributed by atoms with Crippen LogP contribution in [0.5, 0.6) is 5.75 Å². The number of carbonyl (C=O) groups is 2. The maximum Gasteiger partial charge on any atom is 0.262 e. The van der Waals surface area contributed by atoms with Gasteiger partial charge in [0.1, 0.15) is 5.75 Å². The summed E-state index contributed by atoms with van der Waals surface area (Å²) in [4.78, 5) is 26.8. The molecule has 4 aromatic rings. The van der Waals surface area contributed by atoms with Crippen molar-refractivity contribution in [1.29, 1.82) is 0 Å². The van der Waals surface area contributed by atoms with Crippen molar-refractivity contribution in [2.45, 2.75) is 18.2 Å². The van der Waals surface area contributed by atoms with Crippen molar-refractivity contribution >= 4 is 50.0 Å². The summed E-state index contributed by atoms with van der Waals surface area (Å²) in [6.45, 7) is 3.13. The van der Waals surface area contributed by atoms with Gasteiger partial charge in [-0.25, -0.2) is 8.42 Å². The number of aromatic nitrogens is 1. The van der Waals surface area contributed by atoms with Crippen LogP contribution in [0.25, 0.3) is 10.9 Å². The summed E-state index contributed by atoms with van der Waals surface area (Å²) in [5.74, 6) is 0.0445. The number of hydrogen-bond acceptors (Lipinski definition) is 6. The van der Waals surface area contributed by atoms with E-state index in [9.17, 15) is 18.0 Å². The number of carbonyl (C=O) groups excluding carboxylic acids is 2. The summed E-state index contributed by atoms with van der Waals surface area (Å²) in [5.41, 5.74) is 2.88. The van der Waals surface area contributed by atoms with Gasteiger partial charge in [0.25, 0.3) is 5.91 Å². The van der Waals surface area contributed by atoms with Gasteiger partial charge in [0.15, 0.2) is 0 Å². The van der Waals surface area contributed by atoms with Gasteiger partial charge in [-0.05, 0) is 79.2 Å². The van der Waals surface area contributed by atoms with Crippen molar-refractivity contribution < 1.29 is 27.5 Å². The number of fused-ring (bicyclic) bond motifs is 1. The Hall–Kier alpha value is -3.70. The molecule has 1 aliphatic rings. The van der Waals surface area contributed by atoms with E-state index >= 15 is 0 Å². The molecular weight excluding hydrogens is 554 g/mol. The van der Waals surface area contributed by atoms with Gasteiger partial charge in [0, 0.05) is 40.4 Å². The molecule has 1 saturated heterocycles. The third kappa shape index (κ3) is 5.48. The van der Waals surface area contributed by atoms with Crippen molar-refractivity contribution in [2.24, 2.45) is 0 Å². The van der Waals surface area contributed by atoms with E-state index in [1.165, 1.54) is 16.4 Å². The smallest absolute Gasteiger partial charge is 0.262 e. The summed E-state index contributed by atoms with van der Waals surface area (Å²) in [6, 6.07) is 18.1. The third-order valence-corrected chi connectivity index (χ3v) is 9.08. The molecule has 1 aliphatic heterocycles. The quantitative estimate of drug-likeness (QED) is 0.344. The molecule has 5 rings (SSSR count). The fraction of sp³-hybridized carbons (Fsp3) is 0.241. The molecule has 0 atom stereocenters. The Morgan fingerprint density at radius 2 is 1.68 bits per heavy atom. The molecule has 3 aromatic carbocycles. The predicted octanol–water partition coefficient (Wildman–Crippen LogP) is 4.50. The third-order valence-electron chi connectivity index (χ3n) is 6.92. The summed E-state index contributed by atoms with van der Waals surface area (Å²) in [7, 11) is -2.08. The Labute approximate surface area is 237 Å². The first-order valence-corrected chi connectivity index (χ1v) is 14.5. The number of benzene rings is 3. The SMILES string of the molecule is COc1ccc2c(c1)c(CC(=O)Nc1ccc(S(=O)(=O)N3CCOCC3)cc1)c(C)n2C(=O)c1ccc(Cl)cc1. The van der Waals surface area contributed by atoms with E-state index in [2.05, 4.69) is 5.32 Å². The molecule has 9 nitrogen and oxygen atoms in total. The first kappa shape index (κ1) is 27.9. The van der Waals surface area contributed by atoms with Gasteiger partial charge >= 0.3 is 0 Å². The minimum atomic E-state index is -3.64. The summed E-state index contributed by atoms with van der Waals surface area (Å²) in [5, 5.41) is 4.09. The molecule has 40 heavy (non-hydrogen) atoms. The predicted molar refractivity (Wildman–Crippen MR) is 153 cm³/mol. The van der Waals surface area contributed by atoms with Crippen LogP contribution in [0.3, 0.4) is 0 Å². The fourth-order valence-corrected chi connectivity index (χ4v) is 6.34. The highest BCUT2D eigenvalue weighted by atomic mass is 35.5. The number of rotatable bonds is 7. The number of nitrogens with one attached hydrogen (secondary N) is 1. The van der Waals surface area contributed by atoms with Gasteiger partial charge in [-0.1, -0.05) is 11.6 Å². The number of methoxy groups -OCH3 is 1. The average Bonchev–Trinajstić information content (AvgIpc) is 3.23. The molecule has 0 unspecified atom stereocenters. The number of nitrogens with zero attached hydrogens (tertiary/aromatic N) is 2. The van der Waals surface area contributed by atoms with Crippen LogP contribution in [-0.2, 0) is 26.0 Å². The lowest BCUT2D eigenvalue weighted by Gasteiger charge is -2.26. The van der Waals surface area contributed by atoms with Crippen molar-refractivity contribution in [2.75, 3.05) is 38.7 Å². The van der Waals surface area contributed by atoms with Gasteiger partial charge < -0.3 is 14.8 Å². The molecule has 0 bridgehead atoms. The van der Waals surface area contributed by atoms with Crippen LogP contribution in [0, 0.1) is 6.92 Å². The topological polar surface area (TPSA) is 107 Å². The zero-order valence-corrected chi connectivity index (χ0v) is 23.6. The van der Waals surface area contributed by atoms with Crippen LogP contribution >= 0.6 is 11.6 Å². The van der Waals surface area contributed by atoms with Crippen LogP contribution in [-0.4, -0.2) is 62.5 Å². The summed E-state index contributed by atoms with van der Waals surface area (Å²) in [6.07, 6.45) is -0.00970. The highest BCUT2D eigenvalue weighted by molar-refractivity contribution is 7.89. The largest absolute Gasteiger partial charge is 0.497 e. The molecule has 1 fully saturated rings. The molecule has 1 aromatic heterocycles. The monoisotopic (exact) mass is 581 g/mol. The Morgan fingerprint density at radius 1 is 1.00 bits per heavy atom. The number of ether oxygens (including phenoxy) is 2. The minimum Gasteiger partial charge on any atom is -0.497 e. The molecule has 1 N–H and O–H groups in total. The van der Waals surface area contributed by atoms with Gasteiger partial charge in [0.2, 0.25) is 15.9 Å². The molecule has 0 saturated carbocycles. The van der Waals surface area contributed by atoms with E-state index in [1.54, 1.807) is 67.1 Å². The minimum absolute atomic E-state index is 0.00970. The van der Waals surface area contributed by atoms with Crippen LogP contribution in [0.1, 0.15) is 21.6 Å². The molecule has 11 heteroatoms. The van der Waals surface area contributed by atoms with E-state index < -0.39 is 10.0 Å². The normalized spacial score (nSPS) is 14.3. The first-order chi connectivity index (χ1) is 19.2. The molecule has 2 heterocycles. The van der Waals surface area contributed by atoms with Crippen LogP contribution in [0.15, 0.2) is 71.6 Å². The Kier molecular flexibility index (Phi) is 7.95. The fourth-order valence-electron chi connectivity index (χ4n) is 4.81. The van der Waals surface area contributed by atoms with Crippen LogP contribution in [0.4, 0.5) is 5.69 Å². The lowest BCUT2D eigenvalue weighted by Crippen LogP contribution is -2.40. The van der Waals surface area contributed by atoms with E-state index in [-0.39, 0.29) is 23.1 Å². The Balaban J connectivity index is 1.40. The van der Waals surface area contributed by atoms with Gasteiger partial charge in [-0.3, -0.25) is 14.2 Å². The molecule has 1 amide bonds. The summed E-state index contributed by atoms with van der Waals surface area (Å²) < 4.78 is 39.4. The van der Waals surface area contributed by atoms with Crippen LogP contribution in [0.2, 0.25) is 5.02 Å². The second kappa shape index (κ2) is 11.4. The van der Waals surface area contributed by atoms with Gasteiger partial charge in [-0.2, -0.15) is 4.31 Å². The molecule has 208 valence electrons. The zero-order valence-electron chi connectivity index (χ0n) is 22.0. The number of hydrogen-bond donors (Lipinski definition) is 1. The van der Waals surface area contributed by atoms with Gasteiger partial charge in [-0.15, -0.1) is 0 Å². The zero-order chi connectivity index (χ0) is 28.4. The standard InChI is InChI=1S/C29H28ClN3O6S/c1-19-25(18-28(34)31-22-7-10-24(11-8-22)40(36,37)32-13-15-39-16-14-32)26-17-23(38-2)9-12-27(26)33(19)29(35)20-3-5-21(30)6-4-20/h3-12,17H,13-16,18H2,1-2H3,(H,31,34). The molecule has 0 aliphatic carbocycles. The number of morpholine rings is 1. The van der Waals surface area contributed by atoms with Crippen molar-refractivity contribution in [3.63, 3.8) is 0 Å². The maximum absolute atomic E-state index is 13.5. The highest BCUT2D eigenvalue weighted by Crippen LogP contribution is 2.31. The lowest BCUT2D eigenvalue weighted by molar-refractivity contribution is -0.115. The van der Waals surface area contributed by atoms with Crippen molar-refractivity contribution in [1.82, 2.24) is 8.87 Å². The van der Waals surface area contributed by atoms with E-state index in [1.807, 2.05) is 6.07 Å². The number of amides is 1. The molecule has 0 radical (unpaired) electrons. The van der Waals surface area contributed by atoms with E-state index in [0.29, 0.717) is 65.1 Å². The van der Waals surface area contributed by atoms with E-state index in [4.69, 9.17) is 21.1 Å². The van der Waals surface area contributed by atoms with Gasteiger partial charge in [0.05, 0.1) is 37.2 Å². The first-order valence-electron chi connectivity index (χ1n) is 12.6. The second-order valence-electron chi connectivity index (χ2n) is 9.36. The number of sulfonamides is 1. The highest BCUT2D eigenvalue weighted by Gasteiger charge is 2.26. The van der Waals surface area contributed by atoms with Crippen LogP contribution < -0.4 is 10.1 Å². The lowest BCUT2D eigenvalue weighted by atomic mass is 10.1. The number of halogens is 1. The number of anilines is 1. The van der Waals surface area contributed by atoms with Crippen molar-refractivity contribution in [3.05, 3.63) is 88.6 Å². The Bertz CT molecular complexity index is 1680. The van der Waals surface area contributed by atoms with E-state index in [0.717, 1.165) is 5.39 Å². The maximum atomic E-state index is 13.5. The van der Waals surface area contributed by atoms with Crippen molar-refractivity contribution in [3.8, 4) is 5.75 Å². The average molecular weight is 582 g/mol. The Morgan fingerprint density at radius 3 is 2.33 bits per heavy atom. The molecule has 0 spiro atoms. The molecular formula is C29H28ClN3O6S. The summed E-state index contributed by atoms with van der Waals surface area (Å²) >= 11 is 6.00.